The monoisotopic (exact) mass is 400 g/mol. The predicted molar refractivity (Wildman–Crippen MR) is 113 cm³/mol. The molecule has 0 atom stereocenters. The normalized spacial score (nSPS) is 13.0. The van der Waals surface area contributed by atoms with Crippen LogP contribution in [0.3, 0.4) is 0 Å². The van der Waals surface area contributed by atoms with E-state index in [2.05, 4.69) is 34.5 Å². The molecular formula is C23H29FN2O3. The van der Waals surface area contributed by atoms with Crippen LogP contribution in [0.1, 0.15) is 35.2 Å². The lowest BCUT2D eigenvalue weighted by molar-refractivity contribution is 0.0928. The number of benzene rings is 2. The van der Waals surface area contributed by atoms with Crippen LogP contribution >= 0.6 is 0 Å². The average molecular weight is 400 g/mol. The van der Waals surface area contributed by atoms with Crippen molar-refractivity contribution < 1.29 is 18.7 Å². The van der Waals surface area contributed by atoms with Crippen molar-refractivity contribution in [1.82, 2.24) is 5.32 Å². The molecule has 3 rings (SSSR count). The second-order valence-corrected chi connectivity index (χ2v) is 7.42. The highest BCUT2D eigenvalue weighted by atomic mass is 19.1. The third-order valence-electron chi connectivity index (χ3n) is 4.95. The number of unbranched alkanes of at least 4 members (excludes halogenated alkanes) is 1. The lowest BCUT2D eigenvalue weighted by atomic mass is 10.0. The molecule has 0 aliphatic carbocycles. The van der Waals surface area contributed by atoms with Crippen LogP contribution in [-0.4, -0.2) is 46.2 Å². The largest absolute Gasteiger partial charge is 0.488 e. The zero-order valence-corrected chi connectivity index (χ0v) is 17.2. The number of fused-ring (bicyclic) bond motifs is 1. The molecule has 0 amide bonds. The fourth-order valence-corrected chi connectivity index (χ4v) is 3.31. The van der Waals surface area contributed by atoms with E-state index in [1.807, 2.05) is 14.1 Å². The minimum Gasteiger partial charge on any atom is -0.488 e. The highest BCUT2D eigenvalue weighted by Gasteiger charge is 2.23. The number of nitrogens with zero attached hydrogens (tertiary/aromatic N) is 1. The maximum atomic E-state index is 13.7. The quantitative estimate of drug-likeness (QED) is 0.614. The van der Waals surface area contributed by atoms with Crippen LogP contribution in [0.5, 0.6) is 11.5 Å². The van der Waals surface area contributed by atoms with Crippen LogP contribution in [0.15, 0.2) is 36.4 Å². The fraction of sp³-hybridized carbons (Fsp3) is 0.435. The number of Topliss-reactive ketones (excluding diaryl/α,β-unsaturated/α-hetero) is 1. The molecule has 0 aromatic heterocycles. The summed E-state index contributed by atoms with van der Waals surface area (Å²) < 4.78 is 24.9. The lowest BCUT2D eigenvalue weighted by Crippen LogP contribution is -2.23. The highest BCUT2D eigenvalue weighted by molar-refractivity contribution is 6.00. The van der Waals surface area contributed by atoms with E-state index in [9.17, 15) is 9.18 Å². The first-order valence-corrected chi connectivity index (χ1v) is 10.1. The van der Waals surface area contributed by atoms with Crippen molar-refractivity contribution in [2.75, 3.05) is 45.3 Å². The molecule has 2 aromatic rings. The summed E-state index contributed by atoms with van der Waals surface area (Å²) in [5.74, 6) is 0.0770. The molecule has 1 aliphatic heterocycles. The van der Waals surface area contributed by atoms with Gasteiger partial charge in [0.15, 0.2) is 17.3 Å². The topological polar surface area (TPSA) is 50.8 Å². The Morgan fingerprint density at radius 3 is 2.69 bits per heavy atom. The number of anilines is 1. The Morgan fingerprint density at radius 1 is 1.14 bits per heavy atom. The second kappa shape index (κ2) is 10.3. The molecule has 0 fully saturated rings. The van der Waals surface area contributed by atoms with E-state index < -0.39 is 5.82 Å². The second-order valence-electron chi connectivity index (χ2n) is 7.42. The molecule has 0 bridgehead atoms. The van der Waals surface area contributed by atoms with Gasteiger partial charge in [-0.3, -0.25) is 4.79 Å². The third kappa shape index (κ3) is 5.94. The van der Waals surface area contributed by atoms with Crippen molar-refractivity contribution in [1.29, 1.82) is 0 Å². The Kier molecular flexibility index (Phi) is 7.47. The third-order valence-corrected chi connectivity index (χ3v) is 4.95. The molecule has 0 unspecified atom stereocenters. The van der Waals surface area contributed by atoms with Gasteiger partial charge in [-0.25, -0.2) is 4.39 Å². The zero-order valence-electron chi connectivity index (χ0n) is 17.2. The lowest BCUT2D eigenvalue weighted by Gasteiger charge is -2.19. The van der Waals surface area contributed by atoms with Gasteiger partial charge in [-0.05, 0) is 49.6 Å². The van der Waals surface area contributed by atoms with Crippen LogP contribution in [-0.2, 0) is 6.42 Å². The van der Waals surface area contributed by atoms with E-state index >= 15 is 0 Å². The van der Waals surface area contributed by atoms with Crippen LogP contribution < -0.4 is 19.7 Å². The van der Waals surface area contributed by atoms with Gasteiger partial charge in [0.25, 0.3) is 0 Å². The number of ketones is 1. The number of carbonyl (C=O) groups excluding carboxylic acids is 1. The van der Waals surface area contributed by atoms with Gasteiger partial charge in [0, 0.05) is 38.8 Å². The summed E-state index contributed by atoms with van der Waals surface area (Å²) in [5, 5.41) is 3.34. The van der Waals surface area contributed by atoms with Crippen LogP contribution in [0.4, 0.5) is 10.1 Å². The maximum absolute atomic E-state index is 13.7. The molecule has 1 heterocycles. The molecular weight excluding hydrogens is 371 g/mol. The minimum absolute atomic E-state index is 0.106. The highest BCUT2D eigenvalue weighted by Crippen LogP contribution is 2.35. The first-order chi connectivity index (χ1) is 14.0. The molecule has 2 aromatic carbocycles. The summed E-state index contributed by atoms with van der Waals surface area (Å²) in [7, 11) is 4.08. The molecule has 156 valence electrons. The van der Waals surface area contributed by atoms with Gasteiger partial charge in [0.2, 0.25) is 0 Å². The minimum atomic E-state index is -0.482. The van der Waals surface area contributed by atoms with E-state index in [4.69, 9.17) is 9.47 Å². The SMILES string of the molecule is CN(C)c1ccc(CCCCNCCOc2cc(F)cc3c2OCCC3=O)cc1. The van der Waals surface area contributed by atoms with Crippen LogP contribution in [0.25, 0.3) is 0 Å². The number of hydrogen-bond donors (Lipinski definition) is 1. The molecule has 0 saturated heterocycles. The van der Waals surface area contributed by atoms with E-state index in [1.165, 1.54) is 23.4 Å². The predicted octanol–water partition coefficient (Wildman–Crippen LogP) is 3.85. The summed E-state index contributed by atoms with van der Waals surface area (Å²) >= 11 is 0. The Balaban J connectivity index is 1.33. The first kappa shape index (κ1) is 21.1. The number of aryl methyl sites for hydroxylation is 1. The molecule has 0 radical (unpaired) electrons. The molecule has 29 heavy (non-hydrogen) atoms. The Labute approximate surface area is 171 Å². The van der Waals surface area contributed by atoms with Crippen molar-refractivity contribution in [3.63, 3.8) is 0 Å². The number of ether oxygens (including phenoxy) is 2. The van der Waals surface area contributed by atoms with Crippen molar-refractivity contribution in [3.8, 4) is 11.5 Å². The Hall–Kier alpha value is -2.60. The van der Waals surface area contributed by atoms with Crippen LogP contribution in [0.2, 0.25) is 0 Å². The van der Waals surface area contributed by atoms with E-state index in [1.54, 1.807) is 0 Å². The van der Waals surface area contributed by atoms with Crippen molar-refractivity contribution in [3.05, 3.63) is 53.3 Å². The van der Waals surface area contributed by atoms with Crippen molar-refractivity contribution in [2.45, 2.75) is 25.7 Å². The first-order valence-electron chi connectivity index (χ1n) is 10.1. The fourth-order valence-electron chi connectivity index (χ4n) is 3.31. The van der Waals surface area contributed by atoms with Crippen molar-refractivity contribution >= 4 is 11.5 Å². The summed E-state index contributed by atoms with van der Waals surface area (Å²) in [6, 6.07) is 11.2. The number of rotatable bonds is 10. The Bertz CT molecular complexity index is 822. The molecule has 0 saturated carbocycles. The standard InChI is InChI=1S/C23H29FN2O3/c1-26(2)19-8-6-17(7-9-19)5-3-4-11-25-12-14-28-22-16-18(24)15-20-21(27)10-13-29-23(20)22/h6-9,15-16,25H,3-5,10-14H2,1-2H3. The van der Waals surface area contributed by atoms with E-state index in [0.717, 1.165) is 25.8 Å². The number of nitrogens with one attached hydrogen (secondary N) is 1. The van der Waals surface area contributed by atoms with Gasteiger partial charge in [-0.15, -0.1) is 0 Å². The van der Waals surface area contributed by atoms with Gasteiger partial charge >= 0.3 is 0 Å². The van der Waals surface area contributed by atoms with Gasteiger partial charge < -0.3 is 19.7 Å². The van der Waals surface area contributed by atoms with Gasteiger partial charge in [0.1, 0.15) is 12.4 Å². The molecule has 1 N–H and O–H groups in total. The average Bonchev–Trinajstić information content (AvgIpc) is 2.71. The smallest absolute Gasteiger partial charge is 0.172 e. The van der Waals surface area contributed by atoms with Crippen LogP contribution in [0, 0.1) is 5.82 Å². The summed E-state index contributed by atoms with van der Waals surface area (Å²) in [6.07, 6.45) is 3.52. The molecule has 5 nitrogen and oxygen atoms in total. The summed E-state index contributed by atoms with van der Waals surface area (Å²) in [6.45, 7) is 2.25. The van der Waals surface area contributed by atoms with Gasteiger partial charge in [-0.1, -0.05) is 12.1 Å². The van der Waals surface area contributed by atoms with Crippen molar-refractivity contribution in [2.24, 2.45) is 0 Å². The molecule has 6 heteroatoms. The Morgan fingerprint density at radius 2 is 1.93 bits per heavy atom. The molecule has 1 aliphatic rings. The number of carbonyl (C=O) groups is 1. The van der Waals surface area contributed by atoms with Gasteiger partial charge in [-0.2, -0.15) is 0 Å². The number of hydrogen-bond acceptors (Lipinski definition) is 5. The number of halogens is 1. The van der Waals surface area contributed by atoms with E-state index in [-0.39, 0.29) is 17.8 Å². The summed E-state index contributed by atoms with van der Waals surface area (Å²) in [5.41, 5.74) is 2.84. The zero-order chi connectivity index (χ0) is 20.6. The summed E-state index contributed by atoms with van der Waals surface area (Å²) in [4.78, 5) is 14.0. The van der Waals surface area contributed by atoms with Gasteiger partial charge in [0.05, 0.1) is 12.2 Å². The maximum Gasteiger partial charge on any atom is 0.172 e. The molecule has 0 spiro atoms. The van der Waals surface area contributed by atoms with E-state index in [0.29, 0.717) is 31.3 Å².